The average Bonchev–Trinajstić information content (AvgIpc) is 3.14. The first-order chi connectivity index (χ1) is 13.0. The zero-order valence-corrected chi connectivity index (χ0v) is 16.1. The summed E-state index contributed by atoms with van der Waals surface area (Å²) in [5, 5.41) is 8.60. The SMILES string of the molecule is CSc1ncc2c(Nc3cnn(-c4cccc(Cl)c4)c3)nc(Cl)c(F)c2n1. The fourth-order valence-corrected chi connectivity index (χ4v) is 3.19. The van der Waals surface area contributed by atoms with Gasteiger partial charge in [0.15, 0.2) is 16.1 Å². The van der Waals surface area contributed by atoms with Crippen LogP contribution in [-0.4, -0.2) is 31.0 Å². The lowest BCUT2D eigenvalue weighted by Crippen LogP contribution is -2.00. The number of hydrogen-bond donors (Lipinski definition) is 1. The largest absolute Gasteiger partial charge is 0.337 e. The first-order valence-corrected chi connectivity index (χ1v) is 9.66. The van der Waals surface area contributed by atoms with Crippen molar-refractivity contribution in [3.8, 4) is 5.69 Å². The van der Waals surface area contributed by atoms with Crippen molar-refractivity contribution in [3.63, 3.8) is 0 Å². The van der Waals surface area contributed by atoms with Gasteiger partial charge in [-0.05, 0) is 24.5 Å². The van der Waals surface area contributed by atoms with Gasteiger partial charge in [-0.3, -0.25) is 0 Å². The Morgan fingerprint density at radius 2 is 2.04 bits per heavy atom. The molecule has 6 nitrogen and oxygen atoms in total. The van der Waals surface area contributed by atoms with Crippen LogP contribution < -0.4 is 5.32 Å². The van der Waals surface area contributed by atoms with Gasteiger partial charge in [-0.15, -0.1) is 0 Å². The van der Waals surface area contributed by atoms with Crippen LogP contribution in [-0.2, 0) is 0 Å². The molecule has 0 saturated carbocycles. The lowest BCUT2D eigenvalue weighted by Gasteiger charge is -2.09. The van der Waals surface area contributed by atoms with Crippen molar-refractivity contribution in [2.24, 2.45) is 0 Å². The van der Waals surface area contributed by atoms with Gasteiger partial charge in [0.25, 0.3) is 0 Å². The van der Waals surface area contributed by atoms with Crippen LogP contribution in [0.3, 0.4) is 0 Å². The minimum absolute atomic E-state index is 0.110. The summed E-state index contributed by atoms with van der Waals surface area (Å²) in [6.45, 7) is 0. The van der Waals surface area contributed by atoms with E-state index < -0.39 is 5.82 Å². The van der Waals surface area contributed by atoms with E-state index in [0.29, 0.717) is 27.1 Å². The van der Waals surface area contributed by atoms with Gasteiger partial charge in [0.05, 0.1) is 29.2 Å². The smallest absolute Gasteiger partial charge is 0.187 e. The summed E-state index contributed by atoms with van der Waals surface area (Å²) in [6.07, 6.45) is 6.70. The van der Waals surface area contributed by atoms with Gasteiger partial charge in [0.2, 0.25) is 0 Å². The molecule has 0 fully saturated rings. The van der Waals surface area contributed by atoms with Crippen LogP contribution >= 0.6 is 35.0 Å². The van der Waals surface area contributed by atoms with Crippen LogP contribution in [0, 0.1) is 5.82 Å². The van der Waals surface area contributed by atoms with E-state index in [2.05, 4.69) is 25.4 Å². The molecule has 4 rings (SSSR count). The number of thioether (sulfide) groups is 1. The Labute approximate surface area is 167 Å². The summed E-state index contributed by atoms with van der Waals surface area (Å²) < 4.78 is 16.0. The molecular weight excluding hydrogens is 410 g/mol. The average molecular weight is 421 g/mol. The number of aromatic nitrogens is 5. The predicted molar refractivity (Wildman–Crippen MR) is 106 cm³/mol. The molecule has 0 amide bonds. The Bertz CT molecular complexity index is 1150. The third-order valence-corrected chi connectivity index (χ3v) is 4.77. The zero-order valence-electron chi connectivity index (χ0n) is 13.8. The molecule has 0 saturated heterocycles. The lowest BCUT2D eigenvalue weighted by atomic mass is 10.3. The highest BCUT2D eigenvalue weighted by Gasteiger charge is 2.16. The van der Waals surface area contributed by atoms with Crippen LogP contribution in [0.15, 0.2) is 48.0 Å². The summed E-state index contributed by atoms with van der Waals surface area (Å²) in [6, 6.07) is 7.29. The molecule has 1 N–H and O–H groups in total. The highest BCUT2D eigenvalue weighted by molar-refractivity contribution is 7.98. The van der Waals surface area contributed by atoms with E-state index in [1.54, 1.807) is 29.2 Å². The van der Waals surface area contributed by atoms with Crippen molar-refractivity contribution in [2.75, 3.05) is 11.6 Å². The highest BCUT2D eigenvalue weighted by atomic mass is 35.5. The maximum absolute atomic E-state index is 14.3. The van der Waals surface area contributed by atoms with Crippen LogP contribution in [0.2, 0.25) is 10.2 Å². The van der Waals surface area contributed by atoms with Gasteiger partial charge in [-0.1, -0.05) is 41.0 Å². The van der Waals surface area contributed by atoms with E-state index >= 15 is 0 Å². The lowest BCUT2D eigenvalue weighted by molar-refractivity contribution is 0.630. The van der Waals surface area contributed by atoms with Crippen LogP contribution in [0.1, 0.15) is 0 Å². The normalized spacial score (nSPS) is 11.1. The van der Waals surface area contributed by atoms with E-state index in [4.69, 9.17) is 23.2 Å². The Hall–Kier alpha value is -2.42. The van der Waals surface area contributed by atoms with Crippen molar-refractivity contribution in [3.05, 3.63) is 58.8 Å². The first kappa shape index (κ1) is 18.0. The summed E-state index contributed by atoms with van der Waals surface area (Å²) in [4.78, 5) is 12.5. The summed E-state index contributed by atoms with van der Waals surface area (Å²) >= 11 is 13.3. The standard InChI is InChI=1S/C17H11Cl2FN6S/c1-27-17-21-7-12-14(24-17)13(20)15(19)25-16(12)23-10-6-22-26(8-10)11-4-2-3-9(18)5-11/h2-8H,1H3,(H,23,25). The van der Waals surface area contributed by atoms with E-state index in [1.165, 1.54) is 18.0 Å². The molecule has 27 heavy (non-hydrogen) atoms. The van der Waals surface area contributed by atoms with Gasteiger partial charge in [0.1, 0.15) is 11.3 Å². The van der Waals surface area contributed by atoms with Crippen molar-refractivity contribution in [1.82, 2.24) is 24.7 Å². The Balaban J connectivity index is 1.73. The van der Waals surface area contributed by atoms with Gasteiger partial charge >= 0.3 is 0 Å². The van der Waals surface area contributed by atoms with Crippen molar-refractivity contribution in [2.45, 2.75) is 5.16 Å². The predicted octanol–water partition coefficient (Wildman–Crippen LogP) is 5.12. The van der Waals surface area contributed by atoms with Gasteiger partial charge in [-0.2, -0.15) is 5.10 Å². The fraction of sp³-hybridized carbons (Fsp3) is 0.0588. The molecule has 1 aromatic carbocycles. The number of nitrogens with one attached hydrogen (secondary N) is 1. The Morgan fingerprint density at radius 3 is 2.81 bits per heavy atom. The molecule has 0 bridgehead atoms. The number of benzene rings is 1. The molecule has 0 aliphatic heterocycles. The number of nitrogens with zero attached hydrogens (tertiary/aromatic N) is 5. The zero-order chi connectivity index (χ0) is 19.0. The number of halogens is 3. The number of pyridine rings is 1. The second kappa shape index (κ2) is 7.30. The summed E-state index contributed by atoms with van der Waals surface area (Å²) in [5.41, 5.74) is 1.55. The molecule has 4 aromatic rings. The van der Waals surface area contributed by atoms with E-state index in [0.717, 1.165) is 5.69 Å². The third-order valence-electron chi connectivity index (χ3n) is 3.72. The molecule has 3 heterocycles. The molecule has 0 spiro atoms. The maximum Gasteiger partial charge on any atom is 0.187 e. The minimum atomic E-state index is -0.676. The Morgan fingerprint density at radius 1 is 1.19 bits per heavy atom. The molecule has 0 aliphatic rings. The molecule has 136 valence electrons. The minimum Gasteiger partial charge on any atom is -0.337 e. The molecule has 3 aromatic heterocycles. The second-order valence-corrected chi connectivity index (χ2v) is 7.03. The second-order valence-electron chi connectivity index (χ2n) is 5.46. The third kappa shape index (κ3) is 3.55. The van der Waals surface area contributed by atoms with Crippen LogP contribution in [0.25, 0.3) is 16.6 Å². The Kier molecular flexibility index (Phi) is 4.86. The molecule has 0 unspecified atom stereocenters. The number of anilines is 2. The maximum atomic E-state index is 14.3. The topological polar surface area (TPSA) is 68.5 Å². The highest BCUT2D eigenvalue weighted by Crippen LogP contribution is 2.30. The fourth-order valence-electron chi connectivity index (χ4n) is 2.49. The first-order valence-electron chi connectivity index (χ1n) is 7.68. The molecule has 0 atom stereocenters. The molecule has 0 aliphatic carbocycles. The monoisotopic (exact) mass is 420 g/mol. The quantitative estimate of drug-likeness (QED) is 0.280. The van der Waals surface area contributed by atoms with Crippen LogP contribution in [0.4, 0.5) is 15.9 Å². The van der Waals surface area contributed by atoms with Crippen LogP contribution in [0.5, 0.6) is 0 Å². The van der Waals surface area contributed by atoms with Crippen molar-refractivity contribution >= 4 is 57.4 Å². The number of hydrogen-bond acceptors (Lipinski definition) is 6. The van der Waals surface area contributed by atoms with Gasteiger partial charge in [-0.25, -0.2) is 24.0 Å². The number of rotatable bonds is 4. The van der Waals surface area contributed by atoms with Gasteiger partial charge in [0, 0.05) is 11.2 Å². The van der Waals surface area contributed by atoms with E-state index in [-0.39, 0.29) is 10.7 Å². The summed E-state index contributed by atoms with van der Waals surface area (Å²) in [7, 11) is 0. The molecule has 0 radical (unpaired) electrons. The molecule has 10 heteroatoms. The van der Waals surface area contributed by atoms with Crippen molar-refractivity contribution in [1.29, 1.82) is 0 Å². The summed E-state index contributed by atoms with van der Waals surface area (Å²) in [5.74, 6) is -0.334. The van der Waals surface area contributed by atoms with Gasteiger partial charge < -0.3 is 5.32 Å². The van der Waals surface area contributed by atoms with E-state index in [9.17, 15) is 4.39 Å². The van der Waals surface area contributed by atoms with Crippen molar-refractivity contribution < 1.29 is 4.39 Å². The molecular formula is C17H11Cl2FN6S. The van der Waals surface area contributed by atoms with E-state index in [1.807, 2.05) is 18.4 Å². The number of fused-ring (bicyclic) bond motifs is 1.